The molecule has 1 saturated heterocycles. The summed E-state index contributed by atoms with van der Waals surface area (Å²) in [6, 6.07) is 12.9. The summed E-state index contributed by atoms with van der Waals surface area (Å²) in [5, 5.41) is 13.0. The summed E-state index contributed by atoms with van der Waals surface area (Å²) < 4.78 is 5.30. The van der Waals surface area contributed by atoms with Crippen LogP contribution >= 0.6 is 23.4 Å². The number of ether oxygens (including phenoxy) is 1. The third kappa shape index (κ3) is 4.33. The van der Waals surface area contributed by atoms with Crippen LogP contribution in [0.2, 0.25) is 5.02 Å². The molecule has 1 amide bonds. The first-order valence-corrected chi connectivity index (χ1v) is 11.5. The van der Waals surface area contributed by atoms with Gasteiger partial charge in [0.05, 0.1) is 30.2 Å². The van der Waals surface area contributed by atoms with Gasteiger partial charge in [-0.2, -0.15) is 0 Å². The van der Waals surface area contributed by atoms with Crippen LogP contribution in [0.1, 0.15) is 12.5 Å². The molecule has 0 saturated carbocycles. The molecule has 0 aromatic heterocycles. The Hall–Kier alpha value is -2.59. The van der Waals surface area contributed by atoms with E-state index in [4.69, 9.17) is 26.7 Å². The first-order valence-electron chi connectivity index (χ1n) is 10.2. The lowest BCUT2D eigenvalue weighted by atomic mass is 9.96. The van der Waals surface area contributed by atoms with Crippen LogP contribution in [0.5, 0.6) is 5.75 Å². The van der Waals surface area contributed by atoms with Crippen LogP contribution in [0.4, 0.5) is 11.4 Å². The second-order valence-electron chi connectivity index (χ2n) is 7.60. The van der Waals surface area contributed by atoms with Gasteiger partial charge in [-0.25, -0.2) is 10.4 Å². The predicted octanol–water partition coefficient (Wildman–Crippen LogP) is 3.62. The van der Waals surface area contributed by atoms with Gasteiger partial charge in [0.25, 0.3) is 0 Å². The van der Waals surface area contributed by atoms with Gasteiger partial charge in [-0.05, 0) is 43.7 Å². The number of fused-ring (bicyclic) bond motifs is 1. The van der Waals surface area contributed by atoms with E-state index >= 15 is 0 Å². The molecule has 2 aliphatic heterocycles. The largest absolute Gasteiger partial charge is 0.495 e. The number of nitrogens with one attached hydrogen (secondary N) is 4. The number of carbonyl (C=O) groups is 1. The molecule has 0 spiro atoms. The first kappa shape index (κ1) is 22.6. The lowest BCUT2D eigenvalue weighted by Crippen LogP contribution is -2.50. The highest BCUT2D eigenvalue weighted by Crippen LogP contribution is 2.35. The molecule has 2 aliphatic rings. The molecular formula is C22H25ClN6O2S. The van der Waals surface area contributed by atoms with Crippen LogP contribution in [0.15, 0.2) is 47.5 Å². The van der Waals surface area contributed by atoms with E-state index in [1.165, 1.54) is 11.8 Å². The van der Waals surface area contributed by atoms with Gasteiger partial charge in [0.2, 0.25) is 5.91 Å². The number of benzene rings is 2. The number of hydrogen-bond donors (Lipinski definition) is 4. The maximum absolute atomic E-state index is 12.7. The van der Waals surface area contributed by atoms with Gasteiger partial charge in [0, 0.05) is 11.1 Å². The molecule has 3 atom stereocenters. The summed E-state index contributed by atoms with van der Waals surface area (Å²) in [6.07, 6.45) is -0.270. The van der Waals surface area contributed by atoms with Gasteiger partial charge in [-0.1, -0.05) is 41.6 Å². The van der Waals surface area contributed by atoms with Crippen LogP contribution in [0.3, 0.4) is 0 Å². The number of rotatable bonds is 5. The third-order valence-corrected chi connectivity index (χ3v) is 6.89. The zero-order valence-corrected chi connectivity index (χ0v) is 19.6. The number of hydrogen-bond acceptors (Lipinski definition) is 7. The van der Waals surface area contributed by atoms with Crippen molar-refractivity contribution in [1.82, 2.24) is 10.9 Å². The summed E-state index contributed by atoms with van der Waals surface area (Å²) in [7, 11) is 1.56. The van der Waals surface area contributed by atoms with E-state index in [1.807, 2.05) is 44.2 Å². The van der Waals surface area contributed by atoms with Gasteiger partial charge >= 0.3 is 0 Å². The van der Waals surface area contributed by atoms with E-state index in [2.05, 4.69) is 16.2 Å². The van der Waals surface area contributed by atoms with Crippen LogP contribution in [0.25, 0.3) is 0 Å². The standard InChI is InChI=1S/C22H25ClN6O2S/c1-12-14(23)7-6-9-16(12)29-20(24)19-13(2)27-28-21(19)26-22(29)32-11-18(30)25-15-8-4-5-10-17(15)31-3/h4-10,13,19,21,24,27-28H,11H2,1-3H3,(H,25,30). The highest BCUT2D eigenvalue weighted by Gasteiger charge is 2.44. The molecule has 0 aliphatic carbocycles. The number of methoxy groups -OCH3 is 1. The summed E-state index contributed by atoms with van der Waals surface area (Å²) >= 11 is 7.65. The second kappa shape index (κ2) is 9.50. The quantitative estimate of drug-likeness (QED) is 0.530. The Morgan fingerprint density at radius 1 is 1.28 bits per heavy atom. The maximum atomic E-state index is 12.7. The normalized spacial score (nSPS) is 22.4. The SMILES string of the molecule is COc1ccccc1NC(=O)CSC1=NC2NNC(C)C2C(=N)N1c1cccc(Cl)c1C. The Morgan fingerprint density at radius 3 is 2.84 bits per heavy atom. The molecule has 4 rings (SSSR count). The summed E-state index contributed by atoms with van der Waals surface area (Å²) in [6.45, 7) is 3.94. The maximum Gasteiger partial charge on any atom is 0.234 e. The number of carbonyl (C=O) groups excluding carboxylic acids is 1. The third-order valence-electron chi connectivity index (χ3n) is 5.53. The molecule has 2 aromatic rings. The number of amides is 1. The van der Waals surface area contributed by atoms with Crippen molar-refractivity contribution in [2.75, 3.05) is 23.1 Å². The van der Waals surface area contributed by atoms with Crippen molar-refractivity contribution in [3.8, 4) is 5.75 Å². The van der Waals surface area contributed by atoms with Crippen molar-refractivity contribution in [3.05, 3.63) is 53.1 Å². The van der Waals surface area contributed by atoms with E-state index < -0.39 is 0 Å². The monoisotopic (exact) mass is 472 g/mol. The van der Waals surface area contributed by atoms with E-state index in [1.54, 1.807) is 24.1 Å². The highest BCUT2D eigenvalue weighted by atomic mass is 35.5. The summed E-state index contributed by atoms with van der Waals surface area (Å²) in [5.74, 6) is 0.801. The number of para-hydroxylation sites is 2. The topological polar surface area (TPSA) is 102 Å². The Balaban J connectivity index is 1.58. The Morgan fingerprint density at radius 2 is 2.06 bits per heavy atom. The zero-order valence-electron chi connectivity index (χ0n) is 18.0. The Labute approximate surface area is 196 Å². The van der Waals surface area contributed by atoms with Crippen LogP contribution in [0, 0.1) is 18.3 Å². The Bertz CT molecular complexity index is 1080. The molecule has 0 bridgehead atoms. The number of nitrogens with zero attached hydrogens (tertiary/aromatic N) is 2. The van der Waals surface area contributed by atoms with Crippen LogP contribution < -0.4 is 25.8 Å². The zero-order chi connectivity index (χ0) is 22.8. The summed E-state index contributed by atoms with van der Waals surface area (Å²) in [5.41, 5.74) is 8.57. The fourth-order valence-corrected chi connectivity index (χ4v) is 4.85. The van der Waals surface area contributed by atoms with Crippen molar-refractivity contribution in [1.29, 1.82) is 5.41 Å². The summed E-state index contributed by atoms with van der Waals surface area (Å²) in [4.78, 5) is 19.3. The van der Waals surface area contributed by atoms with E-state index in [0.717, 1.165) is 11.3 Å². The van der Waals surface area contributed by atoms with E-state index in [-0.39, 0.29) is 29.8 Å². The molecule has 10 heteroatoms. The van der Waals surface area contributed by atoms with Crippen molar-refractivity contribution in [3.63, 3.8) is 0 Å². The lowest BCUT2D eigenvalue weighted by molar-refractivity contribution is -0.113. The fourth-order valence-electron chi connectivity index (χ4n) is 3.83. The van der Waals surface area contributed by atoms with Crippen LogP contribution in [-0.2, 0) is 4.79 Å². The molecule has 32 heavy (non-hydrogen) atoms. The number of amidine groups is 2. The minimum absolute atomic E-state index is 0.0404. The first-order chi connectivity index (χ1) is 15.4. The smallest absolute Gasteiger partial charge is 0.234 e. The molecule has 168 valence electrons. The Kier molecular flexibility index (Phi) is 6.71. The fraction of sp³-hybridized carbons (Fsp3) is 0.318. The lowest BCUT2D eigenvalue weighted by Gasteiger charge is -2.36. The molecule has 4 N–H and O–H groups in total. The molecule has 8 nitrogen and oxygen atoms in total. The molecule has 0 radical (unpaired) electrons. The number of thioether (sulfide) groups is 1. The van der Waals surface area contributed by atoms with E-state index in [9.17, 15) is 4.79 Å². The van der Waals surface area contributed by atoms with Crippen molar-refractivity contribution in [2.45, 2.75) is 26.1 Å². The molecule has 2 heterocycles. The van der Waals surface area contributed by atoms with Crippen molar-refractivity contribution in [2.24, 2.45) is 10.9 Å². The second-order valence-corrected chi connectivity index (χ2v) is 8.95. The van der Waals surface area contributed by atoms with Gasteiger partial charge < -0.3 is 10.1 Å². The highest BCUT2D eigenvalue weighted by molar-refractivity contribution is 8.14. The number of anilines is 2. The molecule has 3 unspecified atom stereocenters. The van der Waals surface area contributed by atoms with Crippen LogP contribution in [-0.4, -0.2) is 42.0 Å². The van der Waals surface area contributed by atoms with Crippen molar-refractivity contribution >= 4 is 51.6 Å². The minimum atomic E-state index is -0.270. The molecular weight excluding hydrogens is 448 g/mol. The average molecular weight is 473 g/mol. The van der Waals surface area contributed by atoms with E-state index in [0.29, 0.717) is 27.5 Å². The van der Waals surface area contributed by atoms with Gasteiger partial charge in [-0.3, -0.25) is 20.5 Å². The molecule has 1 fully saturated rings. The van der Waals surface area contributed by atoms with Gasteiger partial charge in [-0.15, -0.1) is 0 Å². The van der Waals surface area contributed by atoms with Crippen molar-refractivity contribution < 1.29 is 9.53 Å². The number of aliphatic imine (C=N–C) groups is 1. The molecule has 2 aromatic carbocycles. The number of halogens is 1. The predicted molar refractivity (Wildman–Crippen MR) is 131 cm³/mol. The van der Waals surface area contributed by atoms with Gasteiger partial charge in [0.15, 0.2) is 5.17 Å². The van der Waals surface area contributed by atoms with Gasteiger partial charge in [0.1, 0.15) is 17.8 Å². The average Bonchev–Trinajstić information content (AvgIpc) is 3.16. The number of hydrazine groups is 1. The minimum Gasteiger partial charge on any atom is -0.495 e.